The monoisotopic (exact) mass is 457 g/mol. The summed E-state index contributed by atoms with van der Waals surface area (Å²) in [6.07, 6.45) is -1.49. The number of aliphatic hydroxyl groups is 1. The zero-order chi connectivity index (χ0) is 21.7. The smallest absolute Gasteiger partial charge is 0.193 e. The van der Waals surface area contributed by atoms with Crippen molar-refractivity contribution in [1.29, 1.82) is 0 Å². The lowest BCUT2D eigenvalue weighted by molar-refractivity contribution is 0.00794. The van der Waals surface area contributed by atoms with Crippen LogP contribution in [0.25, 0.3) is 22.3 Å². The molecule has 32 heavy (non-hydrogen) atoms. The Labute approximate surface area is 190 Å². The van der Waals surface area contributed by atoms with Gasteiger partial charge in [-0.2, -0.15) is 0 Å². The van der Waals surface area contributed by atoms with Gasteiger partial charge in [0.25, 0.3) is 0 Å². The van der Waals surface area contributed by atoms with Crippen molar-refractivity contribution in [1.82, 2.24) is 9.97 Å². The van der Waals surface area contributed by atoms with Crippen molar-refractivity contribution < 1.29 is 24.1 Å². The second kappa shape index (κ2) is 8.20. The van der Waals surface area contributed by atoms with Crippen LogP contribution in [0.4, 0.5) is 5.69 Å². The molecule has 168 valence electrons. The van der Waals surface area contributed by atoms with Crippen LogP contribution < -0.4 is 9.64 Å². The number of aliphatic hydroxyl groups excluding tert-OH is 1. The number of hydrogen-bond acceptors (Lipinski definition) is 7. The van der Waals surface area contributed by atoms with E-state index in [2.05, 4.69) is 22.0 Å². The average Bonchev–Trinajstić information content (AvgIpc) is 3.51. The van der Waals surface area contributed by atoms with Crippen LogP contribution in [0.3, 0.4) is 0 Å². The number of ether oxygens (including phenoxy) is 4. The van der Waals surface area contributed by atoms with Crippen LogP contribution in [-0.2, 0) is 14.2 Å². The Balaban J connectivity index is 1.23. The maximum absolute atomic E-state index is 9.91. The molecule has 3 fully saturated rings. The molecule has 2 N–H and O–H groups in total. The fourth-order valence-corrected chi connectivity index (χ4v) is 4.89. The molecule has 0 amide bonds. The summed E-state index contributed by atoms with van der Waals surface area (Å²) < 4.78 is 22.8. The summed E-state index contributed by atoms with van der Waals surface area (Å²) in [6.45, 7) is 3.95. The number of H-pyrrole nitrogens is 1. The minimum atomic E-state index is -0.603. The van der Waals surface area contributed by atoms with Gasteiger partial charge in [0, 0.05) is 30.4 Å². The fourth-order valence-electron chi connectivity index (χ4n) is 4.63. The van der Waals surface area contributed by atoms with Crippen molar-refractivity contribution in [2.75, 3.05) is 44.4 Å². The van der Waals surface area contributed by atoms with E-state index in [4.69, 9.17) is 35.5 Å². The predicted octanol–water partition coefficient (Wildman–Crippen LogP) is 2.63. The van der Waals surface area contributed by atoms with Crippen LogP contribution in [0.2, 0.25) is 5.02 Å². The summed E-state index contributed by atoms with van der Waals surface area (Å²) in [4.78, 5) is 10.3. The maximum Gasteiger partial charge on any atom is 0.193 e. The van der Waals surface area contributed by atoms with Gasteiger partial charge in [0.05, 0.1) is 48.2 Å². The van der Waals surface area contributed by atoms with Crippen molar-refractivity contribution in [3.8, 4) is 17.1 Å². The molecule has 0 bridgehead atoms. The SMILES string of the molecule is OC1COC2C1OC[C@H]2Oc1cc2nc(-c3ccc(N4CCOCC4)cc3)c(Cl)cc2[nH]1. The van der Waals surface area contributed by atoms with Gasteiger partial charge < -0.3 is 33.9 Å². The molecule has 5 heterocycles. The first kappa shape index (κ1) is 20.3. The normalized spacial score (nSPS) is 27.8. The number of pyridine rings is 1. The summed E-state index contributed by atoms with van der Waals surface area (Å²) in [6, 6.07) is 12.0. The molecule has 9 heteroatoms. The fraction of sp³-hybridized carbons (Fsp3) is 0.435. The van der Waals surface area contributed by atoms with Crippen LogP contribution >= 0.6 is 11.6 Å². The molecule has 0 aliphatic carbocycles. The highest BCUT2D eigenvalue weighted by molar-refractivity contribution is 6.33. The molecule has 3 aromatic rings. The van der Waals surface area contributed by atoms with Crippen molar-refractivity contribution in [2.24, 2.45) is 0 Å². The van der Waals surface area contributed by atoms with E-state index in [0.29, 0.717) is 17.5 Å². The highest BCUT2D eigenvalue weighted by atomic mass is 35.5. The number of aromatic amines is 1. The molecule has 8 nitrogen and oxygen atoms in total. The van der Waals surface area contributed by atoms with E-state index in [1.165, 1.54) is 5.69 Å². The third-order valence-corrected chi connectivity index (χ3v) is 6.60. The molecular formula is C23H24ClN3O5. The van der Waals surface area contributed by atoms with Gasteiger partial charge in [-0.1, -0.05) is 23.7 Å². The topological polar surface area (TPSA) is 89.1 Å². The van der Waals surface area contributed by atoms with E-state index < -0.39 is 6.10 Å². The van der Waals surface area contributed by atoms with Gasteiger partial charge in [0.1, 0.15) is 18.3 Å². The van der Waals surface area contributed by atoms with Crippen LogP contribution in [0.5, 0.6) is 5.88 Å². The zero-order valence-corrected chi connectivity index (χ0v) is 18.1. The lowest BCUT2D eigenvalue weighted by Gasteiger charge is -2.28. The van der Waals surface area contributed by atoms with Gasteiger partial charge in [0.2, 0.25) is 0 Å². The Hall–Kier alpha value is -2.36. The van der Waals surface area contributed by atoms with Gasteiger partial charge in [-0.15, -0.1) is 0 Å². The molecular weight excluding hydrogens is 434 g/mol. The summed E-state index contributed by atoms with van der Waals surface area (Å²) in [5, 5.41) is 10.5. The molecule has 1 aromatic carbocycles. The predicted molar refractivity (Wildman–Crippen MR) is 119 cm³/mol. The van der Waals surface area contributed by atoms with Crippen molar-refractivity contribution in [3.63, 3.8) is 0 Å². The number of rotatable bonds is 4. The number of halogens is 1. The molecule has 4 atom stereocenters. The van der Waals surface area contributed by atoms with Crippen LogP contribution in [0.1, 0.15) is 0 Å². The Morgan fingerprint density at radius 1 is 1.06 bits per heavy atom. The average molecular weight is 458 g/mol. The highest BCUT2D eigenvalue weighted by Crippen LogP contribution is 2.34. The summed E-state index contributed by atoms with van der Waals surface area (Å²) in [5.74, 6) is 0.572. The van der Waals surface area contributed by atoms with E-state index in [0.717, 1.165) is 48.6 Å². The first-order valence-corrected chi connectivity index (χ1v) is 11.2. The third-order valence-electron chi connectivity index (χ3n) is 6.31. The largest absolute Gasteiger partial charge is 0.470 e. The lowest BCUT2D eigenvalue weighted by Crippen LogP contribution is -2.36. The number of hydrogen-bond donors (Lipinski definition) is 2. The highest BCUT2D eigenvalue weighted by Gasteiger charge is 2.48. The minimum Gasteiger partial charge on any atom is -0.470 e. The summed E-state index contributed by atoms with van der Waals surface area (Å²) in [5.41, 5.74) is 4.41. The number of fused-ring (bicyclic) bond motifs is 2. The quantitative estimate of drug-likeness (QED) is 0.622. The van der Waals surface area contributed by atoms with E-state index in [1.807, 2.05) is 24.3 Å². The van der Waals surface area contributed by atoms with E-state index in [1.54, 1.807) is 0 Å². The maximum atomic E-state index is 9.91. The molecule has 3 aliphatic heterocycles. The number of aromatic nitrogens is 2. The Morgan fingerprint density at radius 2 is 1.84 bits per heavy atom. The molecule has 3 aliphatic rings. The van der Waals surface area contributed by atoms with Gasteiger partial charge in [0.15, 0.2) is 12.0 Å². The minimum absolute atomic E-state index is 0.270. The van der Waals surface area contributed by atoms with Crippen molar-refractivity contribution >= 4 is 28.3 Å². The Bertz CT molecular complexity index is 1110. The zero-order valence-electron chi connectivity index (χ0n) is 17.4. The molecule has 6 rings (SSSR count). The number of nitrogens with one attached hydrogen (secondary N) is 1. The molecule has 0 saturated carbocycles. The first-order valence-electron chi connectivity index (χ1n) is 10.9. The first-order chi connectivity index (χ1) is 15.7. The standard InChI is InChI=1S/C23H24ClN3O5/c24-15-9-16-17(10-20(25-16)32-19-12-31-22-18(28)11-30-23(19)22)26-21(15)13-1-3-14(4-2-13)27-5-7-29-8-6-27/h1-4,9-10,18-19,22-23,25,28H,5-8,11-12H2/t18?,19-,22?,23?/m1/s1. The van der Waals surface area contributed by atoms with Gasteiger partial charge in [-0.05, 0) is 18.2 Å². The van der Waals surface area contributed by atoms with E-state index in [-0.39, 0.29) is 24.9 Å². The van der Waals surface area contributed by atoms with Crippen molar-refractivity contribution in [2.45, 2.75) is 24.4 Å². The Morgan fingerprint density at radius 3 is 2.66 bits per heavy atom. The molecule has 3 unspecified atom stereocenters. The summed E-state index contributed by atoms with van der Waals surface area (Å²) >= 11 is 6.58. The number of nitrogens with zero attached hydrogens (tertiary/aromatic N) is 2. The lowest BCUT2D eigenvalue weighted by atomic mass is 10.1. The van der Waals surface area contributed by atoms with Gasteiger partial charge in [-0.25, -0.2) is 4.98 Å². The number of anilines is 1. The molecule has 0 radical (unpaired) electrons. The second-order valence-electron chi connectivity index (χ2n) is 8.35. The Kier molecular flexibility index (Phi) is 5.20. The van der Waals surface area contributed by atoms with Gasteiger partial charge >= 0.3 is 0 Å². The van der Waals surface area contributed by atoms with Crippen LogP contribution in [-0.4, -0.2) is 79.0 Å². The molecule has 2 aromatic heterocycles. The van der Waals surface area contributed by atoms with Crippen LogP contribution in [0.15, 0.2) is 36.4 Å². The second-order valence-corrected chi connectivity index (χ2v) is 8.76. The molecule has 3 saturated heterocycles. The number of benzene rings is 1. The number of morpholine rings is 1. The van der Waals surface area contributed by atoms with E-state index in [9.17, 15) is 5.11 Å². The third kappa shape index (κ3) is 3.62. The van der Waals surface area contributed by atoms with Crippen molar-refractivity contribution in [3.05, 3.63) is 41.4 Å². The van der Waals surface area contributed by atoms with Gasteiger partial charge in [-0.3, -0.25) is 0 Å². The summed E-state index contributed by atoms with van der Waals surface area (Å²) in [7, 11) is 0. The molecule has 0 spiro atoms. The van der Waals surface area contributed by atoms with E-state index >= 15 is 0 Å². The van der Waals surface area contributed by atoms with Crippen LogP contribution in [0, 0.1) is 0 Å².